The zero-order valence-corrected chi connectivity index (χ0v) is 8.39. The average Bonchev–Trinajstić information content (AvgIpc) is 2.92. The fourth-order valence-electron chi connectivity index (χ4n) is 1.55. The van der Waals surface area contributed by atoms with Gasteiger partial charge in [0.2, 0.25) is 0 Å². The van der Waals surface area contributed by atoms with Crippen molar-refractivity contribution < 1.29 is 18.6 Å². The van der Waals surface area contributed by atoms with Crippen LogP contribution in [0, 0.1) is 11.6 Å². The molecule has 2 rings (SSSR count). The van der Waals surface area contributed by atoms with Gasteiger partial charge in [0, 0.05) is 12.0 Å². The maximum absolute atomic E-state index is 13.6. The highest BCUT2D eigenvalue weighted by molar-refractivity contribution is 5.34. The SMILES string of the molecule is COc1ccc(F)c(CC2(O)CC2)c1F. The Kier molecular flexibility index (Phi) is 2.38. The fraction of sp³-hybridized carbons (Fsp3) is 0.455. The molecule has 0 bridgehead atoms. The van der Waals surface area contributed by atoms with Gasteiger partial charge in [-0.1, -0.05) is 0 Å². The summed E-state index contributed by atoms with van der Waals surface area (Å²) in [5.74, 6) is -1.33. The second kappa shape index (κ2) is 3.45. The quantitative estimate of drug-likeness (QED) is 0.834. The molecule has 15 heavy (non-hydrogen) atoms. The summed E-state index contributed by atoms with van der Waals surface area (Å²) in [6, 6.07) is 2.40. The van der Waals surface area contributed by atoms with Gasteiger partial charge in [-0.05, 0) is 25.0 Å². The number of hydrogen-bond donors (Lipinski definition) is 1. The van der Waals surface area contributed by atoms with Crippen LogP contribution in [0.5, 0.6) is 5.75 Å². The van der Waals surface area contributed by atoms with Crippen molar-refractivity contribution in [3.05, 3.63) is 29.3 Å². The predicted molar refractivity (Wildman–Crippen MR) is 50.8 cm³/mol. The van der Waals surface area contributed by atoms with Gasteiger partial charge in [0.25, 0.3) is 0 Å². The molecule has 82 valence electrons. The van der Waals surface area contributed by atoms with Gasteiger partial charge in [-0.25, -0.2) is 8.78 Å². The first-order chi connectivity index (χ1) is 7.06. The van der Waals surface area contributed by atoms with E-state index in [9.17, 15) is 13.9 Å². The minimum Gasteiger partial charge on any atom is -0.494 e. The van der Waals surface area contributed by atoms with Gasteiger partial charge in [-0.2, -0.15) is 0 Å². The summed E-state index contributed by atoms with van der Waals surface area (Å²) in [6.07, 6.45) is 1.22. The number of rotatable bonds is 3. The topological polar surface area (TPSA) is 29.5 Å². The Bertz CT molecular complexity index is 386. The number of halogens is 2. The summed E-state index contributed by atoms with van der Waals surface area (Å²) in [5.41, 5.74) is -0.997. The molecule has 4 heteroatoms. The molecule has 0 saturated heterocycles. The average molecular weight is 214 g/mol. The largest absolute Gasteiger partial charge is 0.494 e. The number of ether oxygens (including phenoxy) is 1. The Balaban J connectivity index is 2.35. The Labute approximate surface area is 86.5 Å². The summed E-state index contributed by atoms with van der Waals surface area (Å²) in [7, 11) is 1.33. The van der Waals surface area contributed by atoms with Crippen LogP contribution in [0.15, 0.2) is 12.1 Å². The van der Waals surface area contributed by atoms with Crippen molar-refractivity contribution in [2.45, 2.75) is 24.9 Å². The molecular weight excluding hydrogens is 202 g/mol. The van der Waals surface area contributed by atoms with Crippen LogP contribution < -0.4 is 4.74 Å². The second-order valence-corrected chi connectivity index (χ2v) is 3.94. The van der Waals surface area contributed by atoms with Crippen molar-refractivity contribution in [2.75, 3.05) is 7.11 Å². The lowest BCUT2D eigenvalue weighted by molar-refractivity contribution is 0.148. The molecule has 1 aliphatic rings. The highest BCUT2D eigenvalue weighted by Crippen LogP contribution is 2.40. The number of aliphatic hydroxyl groups is 1. The lowest BCUT2D eigenvalue weighted by Gasteiger charge is -2.11. The van der Waals surface area contributed by atoms with E-state index in [-0.39, 0.29) is 17.7 Å². The Morgan fingerprint density at radius 3 is 2.60 bits per heavy atom. The highest BCUT2D eigenvalue weighted by Gasteiger charge is 2.41. The molecule has 0 unspecified atom stereocenters. The molecule has 0 radical (unpaired) electrons. The van der Waals surface area contributed by atoms with E-state index < -0.39 is 17.2 Å². The Hall–Kier alpha value is -1.16. The molecule has 1 aliphatic carbocycles. The summed E-state index contributed by atoms with van der Waals surface area (Å²) in [4.78, 5) is 0. The van der Waals surface area contributed by atoms with Crippen LogP contribution in [0.4, 0.5) is 8.78 Å². The van der Waals surface area contributed by atoms with E-state index in [4.69, 9.17) is 4.74 Å². The molecule has 1 saturated carbocycles. The monoisotopic (exact) mass is 214 g/mol. The van der Waals surface area contributed by atoms with Crippen LogP contribution in [0.2, 0.25) is 0 Å². The van der Waals surface area contributed by atoms with Crippen LogP contribution in [0.25, 0.3) is 0 Å². The highest BCUT2D eigenvalue weighted by atomic mass is 19.1. The molecule has 1 fully saturated rings. The van der Waals surface area contributed by atoms with Crippen molar-refractivity contribution in [3.63, 3.8) is 0 Å². The van der Waals surface area contributed by atoms with Gasteiger partial charge in [0.1, 0.15) is 5.82 Å². The summed E-state index contributed by atoms with van der Waals surface area (Å²) < 4.78 is 31.7. The third-order valence-corrected chi connectivity index (χ3v) is 2.70. The van der Waals surface area contributed by atoms with Crippen LogP contribution in [0.3, 0.4) is 0 Å². The molecule has 0 aliphatic heterocycles. The Morgan fingerprint density at radius 1 is 1.40 bits per heavy atom. The van der Waals surface area contributed by atoms with Gasteiger partial charge in [-0.15, -0.1) is 0 Å². The molecule has 0 aromatic heterocycles. The fourth-order valence-corrected chi connectivity index (χ4v) is 1.55. The number of hydrogen-bond acceptors (Lipinski definition) is 2. The van der Waals surface area contributed by atoms with E-state index in [1.54, 1.807) is 0 Å². The number of benzene rings is 1. The van der Waals surface area contributed by atoms with Gasteiger partial charge < -0.3 is 9.84 Å². The van der Waals surface area contributed by atoms with E-state index in [1.165, 1.54) is 13.2 Å². The van der Waals surface area contributed by atoms with E-state index in [2.05, 4.69) is 0 Å². The van der Waals surface area contributed by atoms with Crippen molar-refractivity contribution in [1.82, 2.24) is 0 Å². The lowest BCUT2D eigenvalue weighted by atomic mass is 10.0. The number of methoxy groups -OCH3 is 1. The molecule has 0 heterocycles. The van der Waals surface area contributed by atoms with Crippen LogP contribution in [-0.2, 0) is 6.42 Å². The first-order valence-electron chi connectivity index (χ1n) is 4.79. The molecule has 0 atom stereocenters. The molecule has 1 aromatic carbocycles. The Morgan fingerprint density at radius 2 is 2.07 bits per heavy atom. The summed E-state index contributed by atoms with van der Waals surface area (Å²) in [6.45, 7) is 0. The van der Waals surface area contributed by atoms with Gasteiger partial charge in [0.15, 0.2) is 11.6 Å². The van der Waals surface area contributed by atoms with E-state index in [0.717, 1.165) is 6.07 Å². The summed E-state index contributed by atoms with van der Waals surface area (Å²) >= 11 is 0. The van der Waals surface area contributed by atoms with Gasteiger partial charge >= 0.3 is 0 Å². The zero-order chi connectivity index (χ0) is 11.1. The van der Waals surface area contributed by atoms with Crippen LogP contribution >= 0.6 is 0 Å². The van der Waals surface area contributed by atoms with E-state index >= 15 is 0 Å². The van der Waals surface area contributed by atoms with E-state index in [1.807, 2.05) is 0 Å². The molecule has 1 aromatic rings. The summed E-state index contributed by atoms with van der Waals surface area (Å²) in [5, 5.41) is 9.62. The normalized spacial score (nSPS) is 17.6. The molecule has 0 amide bonds. The zero-order valence-electron chi connectivity index (χ0n) is 8.39. The second-order valence-electron chi connectivity index (χ2n) is 3.94. The minimum absolute atomic E-state index is 0.00986. The van der Waals surface area contributed by atoms with Crippen molar-refractivity contribution in [2.24, 2.45) is 0 Å². The molecule has 2 nitrogen and oxygen atoms in total. The molecule has 1 N–H and O–H groups in total. The van der Waals surface area contributed by atoms with Crippen LogP contribution in [0.1, 0.15) is 18.4 Å². The maximum Gasteiger partial charge on any atom is 0.171 e. The van der Waals surface area contributed by atoms with Gasteiger partial charge in [0.05, 0.1) is 12.7 Å². The third kappa shape index (κ3) is 1.95. The van der Waals surface area contributed by atoms with Crippen molar-refractivity contribution >= 4 is 0 Å². The maximum atomic E-state index is 13.6. The lowest BCUT2D eigenvalue weighted by Crippen LogP contribution is -2.14. The molecular formula is C11H12F2O2. The van der Waals surface area contributed by atoms with E-state index in [0.29, 0.717) is 12.8 Å². The third-order valence-electron chi connectivity index (χ3n) is 2.70. The minimum atomic E-state index is -0.909. The standard InChI is InChI=1S/C11H12F2O2/c1-15-9-3-2-8(12)7(10(9)13)6-11(14)4-5-11/h2-3,14H,4-6H2,1H3. The first kappa shape index (κ1) is 10.4. The predicted octanol–water partition coefficient (Wildman–Crippen LogP) is 2.04. The first-order valence-corrected chi connectivity index (χ1v) is 4.79. The molecule has 0 spiro atoms. The smallest absolute Gasteiger partial charge is 0.171 e. The van der Waals surface area contributed by atoms with Gasteiger partial charge in [-0.3, -0.25) is 0 Å². The van der Waals surface area contributed by atoms with Crippen molar-refractivity contribution in [1.29, 1.82) is 0 Å². The van der Waals surface area contributed by atoms with Crippen molar-refractivity contribution in [3.8, 4) is 5.75 Å². The van der Waals surface area contributed by atoms with Crippen LogP contribution in [-0.4, -0.2) is 17.8 Å².